The lowest BCUT2D eigenvalue weighted by Gasteiger charge is -2.22. The zero-order valence-corrected chi connectivity index (χ0v) is 31.0. The molecule has 0 saturated heterocycles. The maximum absolute atomic E-state index is 13.1. The van der Waals surface area contributed by atoms with Crippen molar-refractivity contribution in [3.05, 3.63) is 0 Å². The molecule has 16 heteroatoms. The Morgan fingerprint density at radius 1 is 0.612 bits per heavy atom. The van der Waals surface area contributed by atoms with Crippen LogP contribution in [0.25, 0.3) is 0 Å². The van der Waals surface area contributed by atoms with Gasteiger partial charge in [0.25, 0.3) is 0 Å². The van der Waals surface area contributed by atoms with Crippen LogP contribution in [0.5, 0.6) is 0 Å². The molecule has 49 heavy (non-hydrogen) atoms. The summed E-state index contributed by atoms with van der Waals surface area (Å²) in [4.78, 5) is 91.1. The van der Waals surface area contributed by atoms with Gasteiger partial charge in [-0.05, 0) is 95.9 Å². The highest BCUT2D eigenvalue weighted by molar-refractivity contribution is 6.01. The van der Waals surface area contributed by atoms with Crippen LogP contribution in [0.4, 0.5) is 9.59 Å². The van der Waals surface area contributed by atoms with E-state index in [9.17, 15) is 38.7 Å². The number of aliphatic carboxylic acids is 1. The lowest BCUT2D eigenvalue weighted by atomic mass is 9.97. The second kappa shape index (κ2) is 19.1. The largest absolute Gasteiger partial charge is 0.481 e. The summed E-state index contributed by atoms with van der Waals surface area (Å²) in [6, 6.07) is 0. The normalized spacial score (nSPS) is 13.1. The van der Waals surface area contributed by atoms with Gasteiger partial charge in [0, 0.05) is 18.9 Å². The molecule has 0 saturated carbocycles. The first-order valence-corrected chi connectivity index (χ1v) is 16.1. The summed E-state index contributed by atoms with van der Waals surface area (Å²) in [6.45, 7) is 19.3. The SMILES string of the molecule is CC(C)(C)OC(=O)C[C@H](CC(=O)CNC(=O)[C@H](CCCN=C(NC(=O)OC(C)(C)C)NC(=O)OC(C)(C)C)CC(=O)OC(C)(C)C)C(=O)O. The van der Waals surface area contributed by atoms with Crippen molar-refractivity contribution in [2.45, 2.75) is 138 Å². The molecule has 0 bridgehead atoms. The molecule has 0 radical (unpaired) electrons. The topological polar surface area (TPSA) is 225 Å². The molecule has 4 N–H and O–H groups in total. The molecule has 0 aliphatic rings. The predicted molar refractivity (Wildman–Crippen MR) is 178 cm³/mol. The number of nitrogens with one attached hydrogen (secondary N) is 3. The van der Waals surface area contributed by atoms with E-state index in [1.807, 2.05) is 0 Å². The molecular formula is C33H56N4O12. The fraction of sp³-hybridized carbons (Fsp3) is 0.758. The molecule has 0 heterocycles. The Morgan fingerprint density at radius 3 is 1.41 bits per heavy atom. The van der Waals surface area contributed by atoms with E-state index in [0.29, 0.717) is 0 Å². The average molecular weight is 701 g/mol. The Labute approximate surface area is 288 Å². The number of alkyl carbamates (subject to hydrolysis) is 2. The number of carbonyl (C=O) groups excluding carboxylic acids is 6. The van der Waals surface area contributed by atoms with E-state index in [1.54, 1.807) is 83.1 Å². The number of aliphatic imine (C=N–C) groups is 1. The van der Waals surface area contributed by atoms with Crippen molar-refractivity contribution in [2.75, 3.05) is 13.1 Å². The summed E-state index contributed by atoms with van der Waals surface area (Å²) in [5, 5.41) is 16.7. The molecule has 0 fully saturated rings. The van der Waals surface area contributed by atoms with E-state index in [4.69, 9.17) is 18.9 Å². The van der Waals surface area contributed by atoms with Crippen molar-refractivity contribution in [2.24, 2.45) is 16.8 Å². The minimum Gasteiger partial charge on any atom is -0.481 e. The third-order valence-corrected chi connectivity index (χ3v) is 5.54. The van der Waals surface area contributed by atoms with Crippen LogP contribution in [0.3, 0.4) is 0 Å². The first-order valence-electron chi connectivity index (χ1n) is 16.1. The van der Waals surface area contributed by atoms with Gasteiger partial charge in [-0.25, -0.2) is 9.59 Å². The molecule has 16 nitrogen and oxygen atoms in total. The van der Waals surface area contributed by atoms with E-state index >= 15 is 0 Å². The number of hydrogen-bond donors (Lipinski definition) is 4. The van der Waals surface area contributed by atoms with E-state index in [1.165, 1.54) is 0 Å². The molecule has 0 spiro atoms. The van der Waals surface area contributed by atoms with Gasteiger partial charge in [-0.15, -0.1) is 0 Å². The lowest BCUT2D eigenvalue weighted by Crippen LogP contribution is -2.47. The number of carbonyl (C=O) groups is 7. The Hall–Kier alpha value is -4.24. The van der Waals surface area contributed by atoms with E-state index < -0.39 is 95.4 Å². The number of amides is 3. The highest BCUT2D eigenvalue weighted by Gasteiger charge is 2.29. The minimum atomic E-state index is -1.37. The monoisotopic (exact) mass is 700 g/mol. The van der Waals surface area contributed by atoms with Crippen molar-refractivity contribution >= 4 is 47.7 Å². The summed E-state index contributed by atoms with van der Waals surface area (Å²) in [5.41, 5.74) is -3.33. The number of nitrogens with zero attached hydrogens (tertiary/aromatic N) is 1. The molecule has 3 amide bonds. The Balaban J connectivity index is 5.68. The van der Waals surface area contributed by atoms with Crippen molar-refractivity contribution in [1.29, 1.82) is 0 Å². The molecule has 0 aliphatic heterocycles. The van der Waals surface area contributed by atoms with Crippen molar-refractivity contribution < 1.29 is 57.6 Å². The maximum atomic E-state index is 13.1. The highest BCUT2D eigenvalue weighted by atomic mass is 16.6. The molecule has 2 atom stereocenters. The third-order valence-electron chi connectivity index (χ3n) is 5.54. The number of carboxylic acids is 1. The molecule has 0 rings (SSSR count). The highest BCUT2D eigenvalue weighted by Crippen LogP contribution is 2.18. The first kappa shape index (κ1) is 44.8. The van der Waals surface area contributed by atoms with Gasteiger partial charge in [0.15, 0.2) is 5.78 Å². The fourth-order valence-electron chi connectivity index (χ4n) is 3.86. The number of guanidine groups is 1. The van der Waals surface area contributed by atoms with Crippen LogP contribution in [-0.4, -0.2) is 88.3 Å². The number of esters is 2. The van der Waals surface area contributed by atoms with E-state index in [-0.39, 0.29) is 31.8 Å². The van der Waals surface area contributed by atoms with Gasteiger partial charge in [-0.1, -0.05) is 0 Å². The van der Waals surface area contributed by atoms with Gasteiger partial charge in [0.05, 0.1) is 25.3 Å². The molecular weight excluding hydrogens is 644 g/mol. The number of hydrogen-bond acceptors (Lipinski definition) is 12. The number of carboxylic acid groups (broad SMARTS) is 1. The summed E-state index contributed by atoms with van der Waals surface area (Å²) in [5.74, 6) is -6.70. The predicted octanol–water partition coefficient (Wildman–Crippen LogP) is 4.03. The molecule has 0 aromatic carbocycles. The second-order valence-electron chi connectivity index (χ2n) is 15.4. The van der Waals surface area contributed by atoms with Crippen molar-refractivity contribution in [1.82, 2.24) is 16.0 Å². The summed E-state index contributed by atoms with van der Waals surface area (Å²) in [6.07, 6.45) is -2.90. The molecule has 0 unspecified atom stereocenters. The summed E-state index contributed by atoms with van der Waals surface area (Å²) < 4.78 is 21.0. The average Bonchev–Trinajstić information content (AvgIpc) is 2.83. The Kier molecular flexibility index (Phi) is 17.4. The second-order valence-corrected chi connectivity index (χ2v) is 15.4. The number of rotatable bonds is 14. The van der Waals surface area contributed by atoms with Crippen molar-refractivity contribution in [3.63, 3.8) is 0 Å². The third kappa shape index (κ3) is 24.5. The zero-order valence-electron chi connectivity index (χ0n) is 31.0. The van der Waals surface area contributed by atoms with Gasteiger partial charge in [-0.2, -0.15) is 0 Å². The van der Waals surface area contributed by atoms with Gasteiger partial charge in [-0.3, -0.25) is 39.6 Å². The van der Waals surface area contributed by atoms with Crippen LogP contribution in [-0.2, 0) is 42.9 Å². The van der Waals surface area contributed by atoms with Gasteiger partial charge in [0.2, 0.25) is 11.9 Å². The summed E-state index contributed by atoms with van der Waals surface area (Å²) in [7, 11) is 0. The van der Waals surface area contributed by atoms with Gasteiger partial charge < -0.3 is 29.4 Å². The zero-order chi connectivity index (χ0) is 38.4. The minimum absolute atomic E-state index is 0.0249. The van der Waals surface area contributed by atoms with Gasteiger partial charge in [0.1, 0.15) is 22.4 Å². The Bertz CT molecular complexity index is 1190. The Morgan fingerprint density at radius 2 is 1.02 bits per heavy atom. The quantitative estimate of drug-likeness (QED) is 0.0663. The number of ether oxygens (including phenoxy) is 4. The smallest absolute Gasteiger partial charge is 0.414 e. The number of Topliss-reactive ketones (excluding diaryl/α,β-unsaturated/α-hetero) is 1. The molecule has 0 aliphatic carbocycles. The van der Waals surface area contributed by atoms with Crippen LogP contribution in [0, 0.1) is 11.8 Å². The van der Waals surface area contributed by atoms with Gasteiger partial charge >= 0.3 is 30.1 Å². The maximum Gasteiger partial charge on any atom is 0.414 e. The first-order chi connectivity index (χ1) is 22.0. The number of ketones is 1. The molecule has 0 aromatic heterocycles. The van der Waals surface area contributed by atoms with Crippen LogP contribution >= 0.6 is 0 Å². The molecule has 0 aromatic rings. The summed E-state index contributed by atoms with van der Waals surface area (Å²) >= 11 is 0. The molecule has 280 valence electrons. The van der Waals surface area contributed by atoms with E-state index in [2.05, 4.69) is 20.9 Å². The van der Waals surface area contributed by atoms with E-state index in [0.717, 1.165) is 0 Å². The fourth-order valence-corrected chi connectivity index (χ4v) is 3.86. The van der Waals surface area contributed by atoms with Crippen LogP contribution in [0.15, 0.2) is 4.99 Å². The van der Waals surface area contributed by atoms with Crippen LogP contribution in [0.1, 0.15) is 115 Å². The van der Waals surface area contributed by atoms with Crippen LogP contribution in [0.2, 0.25) is 0 Å². The lowest BCUT2D eigenvalue weighted by molar-refractivity contribution is -0.160. The van der Waals surface area contributed by atoms with Crippen LogP contribution < -0.4 is 16.0 Å². The standard InChI is InChI=1S/C33H56N4O12/c1-30(2,3)46-23(39)17-20(25(41)35-19-22(38)16-21(26(42)43)18-24(40)47-31(4,5)6)14-13-15-34-27(36-28(44)48-32(7,8)9)37-29(45)49-33(10,11)12/h20-21H,13-19H2,1-12H3,(H,35,41)(H,42,43)(H2,34,36,37,44,45)/t20-,21+/m1/s1. The van der Waals surface area contributed by atoms with Crippen molar-refractivity contribution in [3.8, 4) is 0 Å².